The predicted octanol–water partition coefficient (Wildman–Crippen LogP) is 2.70. The van der Waals surface area contributed by atoms with Crippen LogP contribution in [0.4, 0.5) is 0 Å². The summed E-state index contributed by atoms with van der Waals surface area (Å²) in [6, 6.07) is 6.15. The molecule has 1 fully saturated rings. The average Bonchev–Trinajstić information content (AvgIpc) is 2.40. The zero-order valence-corrected chi connectivity index (χ0v) is 10.1. The van der Waals surface area contributed by atoms with Gasteiger partial charge in [-0.05, 0) is 32.0 Å². The maximum Gasteiger partial charge on any atom is 0.165 e. The Bertz CT molecular complexity index is 399. The van der Waals surface area contributed by atoms with Gasteiger partial charge in [-0.1, -0.05) is 18.6 Å². The van der Waals surface area contributed by atoms with Gasteiger partial charge in [0.15, 0.2) is 11.5 Å². The molecule has 0 radical (unpaired) electrons. The van der Waals surface area contributed by atoms with E-state index in [1.54, 1.807) is 6.07 Å². The summed E-state index contributed by atoms with van der Waals surface area (Å²) in [6.07, 6.45) is 4.99. The molecule has 1 atom stereocenters. The number of hydrogen-bond acceptors (Lipinski definition) is 3. The fourth-order valence-corrected chi connectivity index (χ4v) is 3.00. The molecule has 1 saturated heterocycles. The Labute approximate surface area is 102 Å². The predicted molar refractivity (Wildman–Crippen MR) is 66.4 cm³/mol. The van der Waals surface area contributed by atoms with E-state index in [0.29, 0.717) is 18.4 Å². The number of nitrogens with zero attached hydrogens (tertiary/aromatic N) is 1. The van der Waals surface area contributed by atoms with Crippen LogP contribution in [0.15, 0.2) is 18.2 Å². The highest BCUT2D eigenvalue weighted by molar-refractivity contribution is 5.48. The lowest BCUT2D eigenvalue weighted by Crippen LogP contribution is -2.36. The molecule has 0 spiro atoms. The standard InChI is InChI=1S/C14H19NO2/c16-13-6-4-5-11-12(7-10-17-14(11)13)15-8-2-1-3-9-15/h4-6,12,16H,1-3,7-10H2. The van der Waals surface area contributed by atoms with E-state index in [1.807, 2.05) is 6.07 Å². The van der Waals surface area contributed by atoms with Crippen molar-refractivity contribution in [1.82, 2.24) is 4.90 Å². The van der Waals surface area contributed by atoms with E-state index in [1.165, 1.54) is 32.4 Å². The van der Waals surface area contributed by atoms with Gasteiger partial charge in [0, 0.05) is 18.0 Å². The van der Waals surface area contributed by atoms with Crippen molar-refractivity contribution >= 4 is 0 Å². The number of phenolic OH excluding ortho intramolecular Hbond substituents is 1. The van der Waals surface area contributed by atoms with Crippen LogP contribution in [0.3, 0.4) is 0 Å². The largest absolute Gasteiger partial charge is 0.504 e. The van der Waals surface area contributed by atoms with Crippen molar-refractivity contribution in [3.63, 3.8) is 0 Å². The van der Waals surface area contributed by atoms with Crippen LogP contribution in [0.5, 0.6) is 11.5 Å². The third kappa shape index (κ3) is 2.00. The van der Waals surface area contributed by atoms with Gasteiger partial charge in [-0.15, -0.1) is 0 Å². The molecule has 0 aromatic heterocycles. The number of para-hydroxylation sites is 1. The molecule has 1 aromatic carbocycles. The Morgan fingerprint density at radius 1 is 1.18 bits per heavy atom. The maximum atomic E-state index is 9.83. The van der Waals surface area contributed by atoms with Gasteiger partial charge in [-0.25, -0.2) is 0 Å². The molecular formula is C14H19NO2. The van der Waals surface area contributed by atoms with Crippen LogP contribution in [-0.4, -0.2) is 29.7 Å². The number of likely N-dealkylation sites (tertiary alicyclic amines) is 1. The SMILES string of the molecule is Oc1cccc2c1OCCC2N1CCCCC1. The topological polar surface area (TPSA) is 32.7 Å². The molecule has 3 rings (SSSR count). The first-order valence-corrected chi connectivity index (χ1v) is 6.55. The normalized spacial score (nSPS) is 25.1. The Kier molecular flexibility index (Phi) is 2.93. The first-order chi connectivity index (χ1) is 8.36. The molecule has 3 nitrogen and oxygen atoms in total. The Hall–Kier alpha value is -1.22. The number of aromatic hydroxyl groups is 1. The van der Waals surface area contributed by atoms with E-state index in [-0.39, 0.29) is 5.75 Å². The minimum absolute atomic E-state index is 0.282. The molecule has 0 amide bonds. The first-order valence-electron chi connectivity index (χ1n) is 6.55. The molecule has 0 saturated carbocycles. The lowest BCUT2D eigenvalue weighted by atomic mass is 9.96. The molecule has 92 valence electrons. The Morgan fingerprint density at radius 3 is 2.82 bits per heavy atom. The van der Waals surface area contributed by atoms with Crippen molar-refractivity contribution in [1.29, 1.82) is 0 Å². The van der Waals surface area contributed by atoms with E-state index in [2.05, 4.69) is 11.0 Å². The number of piperidine rings is 1. The summed E-state index contributed by atoms with van der Waals surface area (Å²) in [5, 5.41) is 9.83. The summed E-state index contributed by atoms with van der Waals surface area (Å²) in [5.74, 6) is 0.985. The van der Waals surface area contributed by atoms with E-state index in [9.17, 15) is 5.11 Å². The molecule has 17 heavy (non-hydrogen) atoms. The number of benzene rings is 1. The van der Waals surface area contributed by atoms with E-state index >= 15 is 0 Å². The summed E-state index contributed by atoms with van der Waals surface area (Å²) in [4.78, 5) is 2.55. The van der Waals surface area contributed by atoms with E-state index in [0.717, 1.165) is 12.0 Å². The van der Waals surface area contributed by atoms with E-state index in [4.69, 9.17) is 4.74 Å². The van der Waals surface area contributed by atoms with Crippen LogP contribution in [0.25, 0.3) is 0 Å². The third-order valence-electron chi connectivity index (χ3n) is 3.85. The fraction of sp³-hybridized carbons (Fsp3) is 0.571. The second-order valence-electron chi connectivity index (χ2n) is 4.95. The highest BCUT2D eigenvalue weighted by Gasteiger charge is 2.29. The number of ether oxygens (including phenoxy) is 1. The van der Waals surface area contributed by atoms with Crippen LogP contribution >= 0.6 is 0 Å². The molecule has 1 aromatic rings. The highest BCUT2D eigenvalue weighted by atomic mass is 16.5. The Balaban J connectivity index is 1.90. The molecule has 2 aliphatic rings. The summed E-state index contributed by atoms with van der Waals surface area (Å²) < 4.78 is 5.60. The molecule has 3 heteroatoms. The van der Waals surface area contributed by atoms with Crippen molar-refractivity contribution < 1.29 is 9.84 Å². The summed E-state index contributed by atoms with van der Waals surface area (Å²) in [6.45, 7) is 3.07. The van der Waals surface area contributed by atoms with Crippen LogP contribution in [0.1, 0.15) is 37.3 Å². The number of phenols is 1. The second kappa shape index (κ2) is 4.57. The summed E-state index contributed by atoms with van der Waals surface area (Å²) >= 11 is 0. The maximum absolute atomic E-state index is 9.83. The second-order valence-corrected chi connectivity index (χ2v) is 4.95. The van der Waals surface area contributed by atoms with Crippen LogP contribution in [0, 0.1) is 0 Å². The summed E-state index contributed by atoms with van der Waals surface area (Å²) in [5.41, 5.74) is 1.16. The minimum Gasteiger partial charge on any atom is -0.504 e. The molecule has 0 bridgehead atoms. The smallest absolute Gasteiger partial charge is 0.165 e. The van der Waals surface area contributed by atoms with Gasteiger partial charge >= 0.3 is 0 Å². The average molecular weight is 233 g/mol. The van der Waals surface area contributed by atoms with E-state index < -0.39 is 0 Å². The third-order valence-corrected chi connectivity index (χ3v) is 3.85. The van der Waals surface area contributed by atoms with Gasteiger partial charge in [-0.2, -0.15) is 0 Å². The zero-order chi connectivity index (χ0) is 11.7. The highest BCUT2D eigenvalue weighted by Crippen LogP contribution is 2.41. The van der Waals surface area contributed by atoms with Crippen molar-refractivity contribution in [2.75, 3.05) is 19.7 Å². The van der Waals surface area contributed by atoms with Crippen LogP contribution < -0.4 is 4.74 Å². The molecule has 0 aliphatic carbocycles. The Morgan fingerprint density at radius 2 is 2.00 bits per heavy atom. The zero-order valence-electron chi connectivity index (χ0n) is 10.1. The van der Waals surface area contributed by atoms with Crippen molar-refractivity contribution in [3.05, 3.63) is 23.8 Å². The quantitative estimate of drug-likeness (QED) is 0.809. The molecular weight excluding hydrogens is 214 g/mol. The monoisotopic (exact) mass is 233 g/mol. The molecule has 1 N–H and O–H groups in total. The van der Waals surface area contributed by atoms with Gasteiger partial charge in [0.1, 0.15) is 0 Å². The fourth-order valence-electron chi connectivity index (χ4n) is 3.00. The molecule has 2 heterocycles. The van der Waals surface area contributed by atoms with Crippen molar-refractivity contribution in [3.8, 4) is 11.5 Å². The number of fused-ring (bicyclic) bond motifs is 1. The number of rotatable bonds is 1. The first kappa shape index (κ1) is 10.9. The van der Waals surface area contributed by atoms with Gasteiger partial charge in [-0.3, -0.25) is 4.90 Å². The van der Waals surface area contributed by atoms with Crippen molar-refractivity contribution in [2.45, 2.75) is 31.7 Å². The van der Waals surface area contributed by atoms with Gasteiger partial charge < -0.3 is 9.84 Å². The number of hydrogen-bond donors (Lipinski definition) is 1. The van der Waals surface area contributed by atoms with Gasteiger partial charge in [0.2, 0.25) is 0 Å². The lowest BCUT2D eigenvalue weighted by Gasteiger charge is -2.37. The van der Waals surface area contributed by atoms with Crippen LogP contribution in [-0.2, 0) is 0 Å². The molecule has 2 aliphatic heterocycles. The van der Waals surface area contributed by atoms with Gasteiger partial charge in [0.25, 0.3) is 0 Å². The molecule has 1 unspecified atom stereocenters. The van der Waals surface area contributed by atoms with Crippen molar-refractivity contribution in [2.24, 2.45) is 0 Å². The van der Waals surface area contributed by atoms with Crippen LogP contribution in [0.2, 0.25) is 0 Å². The lowest BCUT2D eigenvalue weighted by molar-refractivity contribution is 0.117. The minimum atomic E-state index is 0.282. The van der Waals surface area contributed by atoms with Gasteiger partial charge in [0.05, 0.1) is 6.61 Å². The summed E-state index contributed by atoms with van der Waals surface area (Å²) in [7, 11) is 0.